The number of benzene rings is 6. The molecule has 2 aliphatic rings. The number of hydrogen-bond donors (Lipinski definition) is 3. The Morgan fingerprint density at radius 3 is 1.23 bits per heavy atom. The third-order valence-electron chi connectivity index (χ3n) is 13.9. The Kier molecular flexibility index (Phi) is 16.5. The highest BCUT2D eigenvalue weighted by atomic mass is 16.3. The van der Waals surface area contributed by atoms with E-state index < -0.39 is 17.3 Å². The highest BCUT2D eigenvalue weighted by Crippen LogP contribution is 2.43. The summed E-state index contributed by atoms with van der Waals surface area (Å²) in [5.74, 6) is 0.571. The number of aliphatic hydroxyl groups excluding tert-OH is 1. The minimum absolute atomic E-state index is 0.165. The number of carbonyl (C=O) groups excluding carboxylic acids is 1. The van der Waals surface area contributed by atoms with Crippen molar-refractivity contribution in [3.05, 3.63) is 214 Å². The second kappa shape index (κ2) is 22.6. The maximum absolute atomic E-state index is 12.4. The smallest absolute Gasteiger partial charge is 0.162 e. The lowest BCUT2D eigenvalue weighted by Crippen LogP contribution is -2.44. The normalized spacial score (nSPS) is 16.1. The molecule has 6 aromatic rings. The summed E-state index contributed by atoms with van der Waals surface area (Å²) in [6, 6.07) is 56.4. The fourth-order valence-electron chi connectivity index (χ4n) is 10.0. The largest absolute Gasteiger partial charge is 0.388 e. The van der Waals surface area contributed by atoms with E-state index in [1.807, 2.05) is 165 Å². The Balaban J connectivity index is 0.000000191. The second-order valence-corrected chi connectivity index (χ2v) is 18.2. The zero-order valence-electron chi connectivity index (χ0n) is 37.9. The lowest BCUT2D eigenvalue weighted by Gasteiger charge is -2.42. The van der Waals surface area contributed by atoms with Gasteiger partial charge in [0.15, 0.2) is 5.78 Å². The monoisotopic (exact) mass is 857 g/mol. The number of ketones is 1. The van der Waals surface area contributed by atoms with Crippen LogP contribution in [0.15, 0.2) is 170 Å². The summed E-state index contributed by atoms with van der Waals surface area (Å²) in [6.45, 7) is 9.88. The fourth-order valence-corrected chi connectivity index (χ4v) is 10.0. The van der Waals surface area contributed by atoms with Crippen LogP contribution >= 0.6 is 0 Å². The Labute approximate surface area is 382 Å². The van der Waals surface area contributed by atoms with E-state index in [4.69, 9.17) is 0 Å². The van der Waals surface area contributed by atoms with E-state index in [9.17, 15) is 20.1 Å². The van der Waals surface area contributed by atoms with Crippen molar-refractivity contribution in [2.45, 2.75) is 82.5 Å². The molecule has 6 aromatic carbocycles. The van der Waals surface area contributed by atoms with Gasteiger partial charge < -0.3 is 25.1 Å². The topological polar surface area (TPSA) is 84.2 Å². The predicted octanol–water partition coefficient (Wildman–Crippen LogP) is 11.1. The minimum Gasteiger partial charge on any atom is -0.388 e. The van der Waals surface area contributed by atoms with Crippen LogP contribution < -0.4 is 0 Å². The van der Waals surface area contributed by atoms with Gasteiger partial charge >= 0.3 is 0 Å². The van der Waals surface area contributed by atoms with Crippen LogP contribution in [-0.4, -0.2) is 70.2 Å². The fraction of sp³-hybridized carbons (Fsp3) is 0.362. The summed E-state index contributed by atoms with van der Waals surface area (Å²) in [4.78, 5) is 17.4. The maximum Gasteiger partial charge on any atom is 0.162 e. The molecule has 6 nitrogen and oxygen atoms in total. The van der Waals surface area contributed by atoms with Gasteiger partial charge in [-0.1, -0.05) is 181 Å². The number of carbonyl (C=O) groups is 1. The van der Waals surface area contributed by atoms with Crippen molar-refractivity contribution in [1.82, 2.24) is 9.80 Å². The van der Waals surface area contributed by atoms with Gasteiger partial charge in [-0.05, 0) is 138 Å². The first-order valence-electron chi connectivity index (χ1n) is 23.6. The van der Waals surface area contributed by atoms with Gasteiger partial charge in [-0.25, -0.2) is 0 Å². The summed E-state index contributed by atoms with van der Waals surface area (Å²) >= 11 is 0. The van der Waals surface area contributed by atoms with Crippen molar-refractivity contribution in [1.29, 1.82) is 0 Å². The van der Waals surface area contributed by atoms with Crippen LogP contribution in [0.4, 0.5) is 0 Å². The van der Waals surface area contributed by atoms with Gasteiger partial charge in [-0.15, -0.1) is 0 Å². The Bertz CT molecular complexity index is 2190. The van der Waals surface area contributed by atoms with E-state index in [1.54, 1.807) is 0 Å². The van der Waals surface area contributed by atoms with E-state index >= 15 is 0 Å². The number of piperidine rings is 2. The number of aliphatic hydroxyl groups is 3. The third kappa shape index (κ3) is 11.7. The molecular formula is C58H68N2O4. The molecule has 2 fully saturated rings. The summed E-state index contributed by atoms with van der Waals surface area (Å²) in [7, 11) is 0. The molecule has 8 rings (SSSR count). The molecule has 0 saturated carbocycles. The Morgan fingerprint density at radius 1 is 0.516 bits per heavy atom. The zero-order valence-corrected chi connectivity index (χ0v) is 37.9. The van der Waals surface area contributed by atoms with E-state index in [-0.39, 0.29) is 17.6 Å². The summed E-state index contributed by atoms with van der Waals surface area (Å²) in [6.07, 6.45) is 6.61. The van der Waals surface area contributed by atoms with Gasteiger partial charge in [-0.3, -0.25) is 4.79 Å². The molecule has 64 heavy (non-hydrogen) atoms. The molecule has 2 aliphatic heterocycles. The molecule has 2 heterocycles. The first-order chi connectivity index (χ1) is 31.1. The molecule has 0 amide bonds. The lowest BCUT2D eigenvalue weighted by molar-refractivity contribution is -0.0147. The van der Waals surface area contributed by atoms with Crippen LogP contribution in [-0.2, 0) is 11.2 Å². The lowest BCUT2D eigenvalue weighted by atomic mass is 9.72. The molecule has 0 bridgehead atoms. The third-order valence-corrected chi connectivity index (χ3v) is 13.9. The highest BCUT2D eigenvalue weighted by molar-refractivity contribution is 5.96. The van der Waals surface area contributed by atoms with Gasteiger partial charge in [-0.2, -0.15) is 0 Å². The predicted molar refractivity (Wildman–Crippen MR) is 260 cm³/mol. The average molecular weight is 857 g/mol. The van der Waals surface area contributed by atoms with Gasteiger partial charge in [0.25, 0.3) is 0 Å². The standard InChI is InChI=1S/C29H35NO2.C29H33NO2/c2*1-23-14-16-24(17-15-23)28(31)13-8-20-30-21-18-27(19-22-30)29(32,25-9-4-2-5-10-25)26-11-6-3-7-12-26/h2-7,9-12,14-17,27-28,31-32H,8,13,18-22H2,1H3;2-7,9-12,14-17,27,32H,8,13,18-22H2,1H3. The molecule has 0 aromatic heterocycles. The van der Waals surface area contributed by atoms with Crippen molar-refractivity contribution in [3.8, 4) is 0 Å². The summed E-state index contributed by atoms with van der Waals surface area (Å²) < 4.78 is 0. The van der Waals surface area contributed by atoms with E-state index in [0.29, 0.717) is 6.42 Å². The molecule has 334 valence electrons. The summed E-state index contributed by atoms with van der Waals surface area (Å²) in [5, 5.41) is 34.5. The van der Waals surface area contributed by atoms with Crippen LogP contribution in [0.2, 0.25) is 0 Å². The van der Waals surface area contributed by atoms with Gasteiger partial charge in [0.05, 0.1) is 6.10 Å². The average Bonchev–Trinajstić information content (AvgIpc) is 3.35. The number of nitrogens with zero attached hydrogens (tertiary/aromatic N) is 2. The molecule has 3 N–H and O–H groups in total. The van der Waals surface area contributed by atoms with Gasteiger partial charge in [0.1, 0.15) is 11.2 Å². The number of aryl methyl sites for hydroxylation is 2. The Morgan fingerprint density at radius 2 is 0.859 bits per heavy atom. The first kappa shape index (κ1) is 46.8. The minimum atomic E-state index is -0.976. The second-order valence-electron chi connectivity index (χ2n) is 18.2. The van der Waals surface area contributed by atoms with Crippen molar-refractivity contribution in [2.75, 3.05) is 39.3 Å². The number of hydrogen-bond acceptors (Lipinski definition) is 6. The van der Waals surface area contributed by atoms with E-state index in [1.165, 1.54) is 11.1 Å². The molecule has 2 saturated heterocycles. The zero-order chi connectivity index (χ0) is 44.8. The molecule has 1 unspecified atom stereocenters. The number of Topliss-reactive ketones (excluding diaryl/α,β-unsaturated/α-hetero) is 1. The molecule has 1 atom stereocenters. The molecular weight excluding hydrogens is 789 g/mol. The van der Waals surface area contributed by atoms with E-state index in [0.717, 1.165) is 118 Å². The van der Waals surface area contributed by atoms with Crippen LogP contribution in [0, 0.1) is 25.7 Å². The van der Waals surface area contributed by atoms with Crippen LogP contribution in [0.3, 0.4) is 0 Å². The quantitative estimate of drug-likeness (QED) is 0.0841. The molecule has 6 heteroatoms. The van der Waals surface area contributed by atoms with Crippen molar-refractivity contribution in [3.63, 3.8) is 0 Å². The maximum atomic E-state index is 12.4. The molecule has 0 aliphatic carbocycles. The van der Waals surface area contributed by atoms with Crippen molar-refractivity contribution >= 4 is 5.78 Å². The van der Waals surface area contributed by atoms with Crippen molar-refractivity contribution < 1.29 is 20.1 Å². The Hall–Kier alpha value is -5.21. The van der Waals surface area contributed by atoms with Gasteiger partial charge in [0.2, 0.25) is 0 Å². The van der Waals surface area contributed by atoms with E-state index in [2.05, 4.69) is 28.9 Å². The highest BCUT2D eigenvalue weighted by Gasteiger charge is 2.42. The molecule has 0 spiro atoms. The van der Waals surface area contributed by atoms with Crippen LogP contribution in [0.1, 0.15) is 107 Å². The van der Waals surface area contributed by atoms with Crippen LogP contribution in [0.5, 0.6) is 0 Å². The van der Waals surface area contributed by atoms with Crippen LogP contribution in [0.25, 0.3) is 0 Å². The first-order valence-corrected chi connectivity index (χ1v) is 23.6. The number of rotatable bonds is 16. The van der Waals surface area contributed by atoms with Gasteiger partial charge in [0, 0.05) is 12.0 Å². The molecule has 0 radical (unpaired) electrons. The number of likely N-dealkylation sites (tertiary alicyclic amines) is 2. The summed E-state index contributed by atoms with van der Waals surface area (Å²) in [5.41, 5.74) is 6.16. The van der Waals surface area contributed by atoms with Crippen molar-refractivity contribution in [2.24, 2.45) is 11.8 Å². The SMILES string of the molecule is Cc1ccc(C(=O)CCCN2CCC(C(O)(c3ccccc3)c3ccccc3)CC2)cc1.Cc1ccc(C(O)CCCN2CCC(C(O)(c3ccccc3)c3ccccc3)CC2)cc1.